The van der Waals surface area contributed by atoms with E-state index in [0.29, 0.717) is 0 Å². The molecule has 2 nitrogen and oxygen atoms in total. The Labute approximate surface area is 280 Å². The largest absolute Gasteiger partial charge is 0.311 e. The molecular weight excluding hydrogens is 586 g/mol. The van der Waals surface area contributed by atoms with Gasteiger partial charge in [-0.15, -0.1) is 0 Å². The van der Waals surface area contributed by atoms with Crippen molar-refractivity contribution in [2.24, 2.45) is 0 Å². The number of benzene rings is 7. The van der Waals surface area contributed by atoms with E-state index in [4.69, 9.17) is 0 Å². The van der Waals surface area contributed by atoms with Crippen LogP contribution in [0.2, 0.25) is 0 Å². The second-order valence-corrected chi connectivity index (χ2v) is 13.7. The highest BCUT2D eigenvalue weighted by atomic mass is 32.2. The van der Waals surface area contributed by atoms with Crippen LogP contribution in [0.1, 0.15) is 0 Å². The van der Waals surface area contributed by atoms with E-state index >= 15 is 0 Å². The molecule has 7 aromatic rings. The van der Waals surface area contributed by atoms with Crippen LogP contribution in [0.15, 0.2) is 180 Å². The molecular formula is C42H28B2N2S. The molecule has 10 rings (SSSR count). The average molecular weight is 614 g/mol. The first-order valence-corrected chi connectivity index (χ1v) is 17.1. The molecule has 6 bridgehead atoms. The van der Waals surface area contributed by atoms with Crippen molar-refractivity contribution in [2.75, 3.05) is 9.80 Å². The van der Waals surface area contributed by atoms with Crippen molar-refractivity contribution < 1.29 is 0 Å². The Balaban J connectivity index is 1.25. The number of hydrogen-bond donors (Lipinski definition) is 0. The quantitative estimate of drug-likeness (QED) is 0.199. The van der Waals surface area contributed by atoms with Crippen molar-refractivity contribution in [3.8, 4) is 0 Å². The number of nitrogens with zero attached hydrogens (tertiary/aromatic N) is 2. The first-order valence-electron chi connectivity index (χ1n) is 16.3. The van der Waals surface area contributed by atoms with Crippen LogP contribution in [0.4, 0.5) is 34.1 Å². The van der Waals surface area contributed by atoms with Gasteiger partial charge in [0.1, 0.15) is 0 Å². The van der Waals surface area contributed by atoms with Crippen LogP contribution in [0, 0.1) is 0 Å². The predicted octanol–water partition coefficient (Wildman–Crippen LogP) is 6.75. The molecule has 0 fully saturated rings. The lowest BCUT2D eigenvalue weighted by Crippen LogP contribution is -2.57. The molecule has 0 N–H and O–H groups in total. The zero-order valence-corrected chi connectivity index (χ0v) is 26.4. The molecule has 0 saturated carbocycles. The Morgan fingerprint density at radius 3 is 1.26 bits per heavy atom. The summed E-state index contributed by atoms with van der Waals surface area (Å²) in [5.41, 5.74) is 15.2. The predicted molar refractivity (Wildman–Crippen MR) is 202 cm³/mol. The molecule has 0 aromatic heterocycles. The van der Waals surface area contributed by atoms with Gasteiger partial charge in [-0.2, -0.15) is 0 Å². The van der Waals surface area contributed by atoms with Gasteiger partial charge in [0.2, 0.25) is 13.4 Å². The van der Waals surface area contributed by atoms with Gasteiger partial charge >= 0.3 is 0 Å². The van der Waals surface area contributed by atoms with Gasteiger partial charge in [-0.1, -0.05) is 138 Å². The zero-order valence-electron chi connectivity index (χ0n) is 25.6. The zero-order chi connectivity index (χ0) is 30.9. The van der Waals surface area contributed by atoms with Crippen molar-refractivity contribution in [1.82, 2.24) is 0 Å². The summed E-state index contributed by atoms with van der Waals surface area (Å²) in [5, 5.41) is 0. The summed E-state index contributed by atoms with van der Waals surface area (Å²) in [4.78, 5) is 7.44. The van der Waals surface area contributed by atoms with Gasteiger partial charge in [0.05, 0.1) is 0 Å². The molecule has 47 heavy (non-hydrogen) atoms. The summed E-state index contributed by atoms with van der Waals surface area (Å²) in [7, 11) is 0. The number of anilines is 6. The molecule has 0 amide bonds. The van der Waals surface area contributed by atoms with E-state index in [1.807, 2.05) is 11.8 Å². The lowest BCUT2D eigenvalue weighted by molar-refractivity contribution is 1.23. The van der Waals surface area contributed by atoms with E-state index in [1.54, 1.807) is 0 Å². The molecule has 0 saturated heterocycles. The Hall–Kier alpha value is -5.38. The van der Waals surface area contributed by atoms with Crippen LogP contribution in [0.5, 0.6) is 0 Å². The number of hydrogen-bond acceptors (Lipinski definition) is 3. The second-order valence-electron chi connectivity index (χ2n) is 12.5. The fraction of sp³-hybridized carbons (Fsp3) is 0. The lowest BCUT2D eigenvalue weighted by Gasteiger charge is -2.40. The van der Waals surface area contributed by atoms with Crippen LogP contribution < -0.4 is 42.6 Å². The Bertz CT molecular complexity index is 2160. The first kappa shape index (κ1) is 26.8. The molecule has 0 spiro atoms. The van der Waals surface area contributed by atoms with Crippen molar-refractivity contribution in [2.45, 2.75) is 9.79 Å². The molecule has 3 aliphatic rings. The minimum atomic E-state index is 0.156. The van der Waals surface area contributed by atoms with Crippen molar-refractivity contribution in [3.05, 3.63) is 170 Å². The Kier molecular flexibility index (Phi) is 6.03. The molecule has 3 heterocycles. The summed E-state index contributed by atoms with van der Waals surface area (Å²) in [6, 6.07) is 63.1. The standard InChI is InChI=1S/C42H28B2N2S/c1-3-12-29(13-4-1)43-35-18-7-9-20-39(35)45-31-16-11-17-32(26-31)46-40-21-10-8-19-36(40)44(30-14-5-2-6-15-30)38-25-23-34(28-42(38)46)47-33-22-24-37(43)41(45)27-33/h1-28H. The minimum absolute atomic E-state index is 0.156. The van der Waals surface area contributed by atoms with Gasteiger partial charge in [0.25, 0.3) is 0 Å². The van der Waals surface area contributed by atoms with E-state index in [2.05, 4.69) is 180 Å². The Morgan fingerprint density at radius 2 is 0.766 bits per heavy atom. The molecule has 0 aliphatic carbocycles. The van der Waals surface area contributed by atoms with Crippen molar-refractivity contribution >= 4 is 92.1 Å². The fourth-order valence-electron chi connectivity index (χ4n) is 7.99. The molecule has 0 atom stereocenters. The first-order chi connectivity index (χ1) is 23.3. The third-order valence-corrected chi connectivity index (χ3v) is 10.9. The van der Waals surface area contributed by atoms with E-state index in [9.17, 15) is 0 Å². The highest BCUT2D eigenvalue weighted by Gasteiger charge is 2.38. The van der Waals surface area contributed by atoms with Gasteiger partial charge in [-0.3, -0.25) is 0 Å². The smallest absolute Gasteiger partial charge is 0.246 e. The maximum Gasteiger partial charge on any atom is 0.246 e. The number of para-hydroxylation sites is 2. The molecule has 218 valence electrons. The SMILES string of the molecule is c1ccc(B2c3ccccc3N3c4cccc(c4)N4c5ccccc5B(c5ccccc5)c5ccc(cc54)Sc4ccc2c3c4)cc1. The van der Waals surface area contributed by atoms with Gasteiger partial charge in [-0.25, -0.2) is 0 Å². The summed E-state index contributed by atoms with van der Waals surface area (Å²) in [6.07, 6.45) is 0. The van der Waals surface area contributed by atoms with Gasteiger partial charge in [0.15, 0.2) is 0 Å². The highest BCUT2D eigenvalue weighted by Crippen LogP contribution is 2.44. The minimum Gasteiger partial charge on any atom is -0.311 e. The van der Waals surface area contributed by atoms with Gasteiger partial charge in [0, 0.05) is 43.9 Å². The van der Waals surface area contributed by atoms with E-state index < -0.39 is 0 Å². The summed E-state index contributed by atoms with van der Waals surface area (Å²) in [5.74, 6) is 0. The molecule has 0 unspecified atom stereocenters. The van der Waals surface area contributed by atoms with E-state index in [1.165, 1.54) is 65.3 Å². The van der Waals surface area contributed by atoms with Gasteiger partial charge in [-0.05, 0) is 76.4 Å². The third-order valence-electron chi connectivity index (χ3n) is 9.93. The maximum atomic E-state index is 2.48. The molecule has 7 aromatic carbocycles. The van der Waals surface area contributed by atoms with Crippen LogP contribution in [0.25, 0.3) is 0 Å². The van der Waals surface area contributed by atoms with Crippen LogP contribution >= 0.6 is 11.8 Å². The fourth-order valence-corrected chi connectivity index (χ4v) is 8.87. The van der Waals surface area contributed by atoms with Crippen molar-refractivity contribution in [3.63, 3.8) is 0 Å². The van der Waals surface area contributed by atoms with Gasteiger partial charge < -0.3 is 9.80 Å². The molecule has 3 aliphatic heterocycles. The summed E-state index contributed by atoms with van der Waals surface area (Å²) >= 11 is 1.85. The summed E-state index contributed by atoms with van der Waals surface area (Å²) in [6.45, 7) is 0.312. The van der Waals surface area contributed by atoms with E-state index in [0.717, 1.165) is 11.4 Å². The topological polar surface area (TPSA) is 6.48 Å². The highest BCUT2D eigenvalue weighted by molar-refractivity contribution is 7.99. The van der Waals surface area contributed by atoms with Crippen LogP contribution in [-0.2, 0) is 0 Å². The summed E-state index contributed by atoms with van der Waals surface area (Å²) < 4.78 is 0. The second kappa shape index (κ2) is 10.6. The van der Waals surface area contributed by atoms with E-state index in [-0.39, 0.29) is 13.4 Å². The monoisotopic (exact) mass is 614 g/mol. The number of rotatable bonds is 2. The van der Waals surface area contributed by atoms with Crippen LogP contribution in [0.3, 0.4) is 0 Å². The Morgan fingerprint density at radius 1 is 0.340 bits per heavy atom. The third kappa shape index (κ3) is 4.16. The maximum absolute atomic E-state index is 2.48. The average Bonchev–Trinajstić information content (AvgIpc) is 3.13. The molecule has 0 radical (unpaired) electrons. The molecule has 5 heteroatoms. The van der Waals surface area contributed by atoms with Crippen molar-refractivity contribution in [1.29, 1.82) is 0 Å². The number of fused-ring (bicyclic) bond motifs is 10. The van der Waals surface area contributed by atoms with Crippen LogP contribution in [-0.4, -0.2) is 13.4 Å². The normalized spacial score (nSPS) is 13.7. The lowest BCUT2D eigenvalue weighted by atomic mass is 9.35.